The molecule has 3 aromatic heterocycles. The number of aryl methyl sites for hydroxylation is 2. The van der Waals surface area contributed by atoms with E-state index in [0.717, 1.165) is 57.3 Å². The molecule has 8 nitrogen and oxygen atoms in total. The van der Waals surface area contributed by atoms with E-state index < -0.39 is 0 Å². The molecule has 1 atom stereocenters. The van der Waals surface area contributed by atoms with E-state index in [-0.39, 0.29) is 17.9 Å². The number of benzene rings is 2. The quantitative estimate of drug-likeness (QED) is 0.270. The predicted molar refractivity (Wildman–Crippen MR) is 146 cm³/mol. The monoisotopic (exact) mass is 529 g/mol. The number of carbonyl (C=O) groups is 1. The zero-order valence-corrected chi connectivity index (χ0v) is 22.3. The van der Waals surface area contributed by atoms with Gasteiger partial charge >= 0.3 is 5.97 Å². The third-order valence-electron chi connectivity index (χ3n) is 7.54. The molecule has 0 bridgehead atoms. The third-order valence-corrected chi connectivity index (χ3v) is 7.89. The predicted octanol–water partition coefficient (Wildman–Crippen LogP) is 5.75. The van der Waals surface area contributed by atoms with Gasteiger partial charge in [0.05, 0.1) is 46.7 Å². The molecule has 194 valence electrons. The number of pyridine rings is 1. The molecule has 0 spiro atoms. The lowest BCUT2D eigenvalue weighted by Crippen LogP contribution is -2.27. The summed E-state index contributed by atoms with van der Waals surface area (Å²) in [4.78, 5) is 17.5. The van der Waals surface area contributed by atoms with Crippen molar-refractivity contribution < 1.29 is 14.3 Å². The maximum absolute atomic E-state index is 12.6. The Morgan fingerprint density at radius 3 is 2.63 bits per heavy atom. The van der Waals surface area contributed by atoms with Gasteiger partial charge in [-0.3, -0.25) is 4.98 Å². The fourth-order valence-corrected chi connectivity index (χ4v) is 6.03. The first-order valence-electron chi connectivity index (χ1n) is 12.7. The number of ether oxygens (including phenoxy) is 2. The Kier molecular flexibility index (Phi) is 6.37. The highest BCUT2D eigenvalue weighted by molar-refractivity contribution is 6.31. The Labute approximate surface area is 225 Å². The molecule has 0 N–H and O–H groups in total. The van der Waals surface area contributed by atoms with Crippen molar-refractivity contribution in [2.45, 2.75) is 25.8 Å². The normalized spacial score (nSPS) is 15.3. The van der Waals surface area contributed by atoms with Crippen molar-refractivity contribution in [2.24, 2.45) is 13.0 Å². The fourth-order valence-electron chi connectivity index (χ4n) is 5.79. The second-order valence-electron chi connectivity index (χ2n) is 9.75. The van der Waals surface area contributed by atoms with Crippen molar-refractivity contribution in [2.75, 3.05) is 20.3 Å². The van der Waals surface area contributed by atoms with E-state index >= 15 is 0 Å². The average Bonchev–Trinajstić information content (AvgIpc) is 3.45. The molecule has 9 heteroatoms. The van der Waals surface area contributed by atoms with Crippen LogP contribution in [0.3, 0.4) is 0 Å². The first-order valence-corrected chi connectivity index (χ1v) is 13.1. The maximum atomic E-state index is 12.6. The second kappa shape index (κ2) is 9.85. The summed E-state index contributed by atoms with van der Waals surface area (Å²) in [5, 5.41) is 10.1. The minimum atomic E-state index is -0.380. The van der Waals surface area contributed by atoms with Gasteiger partial charge in [0.2, 0.25) is 0 Å². The minimum Gasteiger partial charge on any atom is -0.465 e. The van der Waals surface area contributed by atoms with Gasteiger partial charge in [-0.05, 0) is 61.6 Å². The number of methoxy groups -OCH3 is 1. The molecule has 0 radical (unpaired) electrons. The molecule has 0 saturated carbocycles. The lowest BCUT2D eigenvalue weighted by molar-refractivity contribution is 0.0553. The van der Waals surface area contributed by atoms with Crippen LogP contribution >= 0.6 is 11.6 Å². The van der Waals surface area contributed by atoms with Crippen LogP contribution in [-0.2, 0) is 16.5 Å². The van der Waals surface area contributed by atoms with E-state index in [9.17, 15) is 4.79 Å². The summed E-state index contributed by atoms with van der Waals surface area (Å²) in [5.41, 5.74) is 6.90. The number of nitrogens with zero attached hydrogens (tertiary/aromatic N) is 5. The smallest absolute Gasteiger partial charge is 0.337 e. The highest BCUT2D eigenvalue weighted by Gasteiger charge is 2.32. The van der Waals surface area contributed by atoms with Crippen LogP contribution in [0.2, 0.25) is 5.02 Å². The van der Waals surface area contributed by atoms with Gasteiger partial charge in [-0.25, -0.2) is 9.48 Å². The molecule has 2 aromatic carbocycles. The van der Waals surface area contributed by atoms with Crippen molar-refractivity contribution in [3.63, 3.8) is 0 Å². The Morgan fingerprint density at radius 1 is 1.13 bits per heavy atom. The molecule has 1 unspecified atom stereocenters. The van der Waals surface area contributed by atoms with Crippen molar-refractivity contribution in [3.05, 3.63) is 76.6 Å². The second-order valence-corrected chi connectivity index (χ2v) is 10.2. The number of hydrogen-bond acceptors (Lipinski definition) is 6. The summed E-state index contributed by atoms with van der Waals surface area (Å²) in [6.07, 6.45) is 3.65. The van der Waals surface area contributed by atoms with Crippen molar-refractivity contribution in [1.29, 1.82) is 0 Å². The van der Waals surface area contributed by atoms with Gasteiger partial charge < -0.3 is 14.0 Å². The van der Waals surface area contributed by atoms with Crippen LogP contribution in [0.4, 0.5) is 0 Å². The lowest BCUT2D eigenvalue weighted by Gasteiger charge is -2.33. The van der Waals surface area contributed by atoms with Crippen molar-refractivity contribution in [3.8, 4) is 11.3 Å². The largest absolute Gasteiger partial charge is 0.465 e. The molecule has 38 heavy (non-hydrogen) atoms. The average molecular weight is 530 g/mol. The number of aromatic nitrogens is 5. The van der Waals surface area contributed by atoms with E-state index in [0.29, 0.717) is 23.8 Å². The van der Waals surface area contributed by atoms with Crippen LogP contribution in [0.25, 0.3) is 33.2 Å². The zero-order valence-electron chi connectivity index (χ0n) is 21.5. The standard InChI is InChI=1S/C29H28ClN5O3/c1-17-27(34(2)33-32-17)20-15-25-26(31-16-20)22-9-8-19(29(36)37-3)14-24(22)35(25)28(18-10-12-38-13-11-18)21-6-4-5-7-23(21)30/h4-9,14-16,18,28H,10-13H2,1-3H3. The van der Waals surface area contributed by atoms with Gasteiger partial charge in [0, 0.05) is 42.4 Å². The van der Waals surface area contributed by atoms with Crippen LogP contribution in [0, 0.1) is 12.8 Å². The number of halogens is 1. The fraction of sp³-hybridized carbons (Fsp3) is 0.310. The molecule has 1 aliphatic rings. The van der Waals surface area contributed by atoms with Crippen LogP contribution in [0.5, 0.6) is 0 Å². The van der Waals surface area contributed by atoms with Crippen LogP contribution in [0.15, 0.2) is 54.7 Å². The molecule has 1 fully saturated rings. The molecular formula is C29H28ClN5O3. The van der Waals surface area contributed by atoms with Crippen LogP contribution < -0.4 is 0 Å². The number of hydrogen-bond donors (Lipinski definition) is 0. The third kappa shape index (κ3) is 4.04. The van der Waals surface area contributed by atoms with Crippen molar-refractivity contribution in [1.82, 2.24) is 24.5 Å². The van der Waals surface area contributed by atoms with E-state index in [1.807, 2.05) is 50.5 Å². The summed E-state index contributed by atoms with van der Waals surface area (Å²) in [6.45, 7) is 3.33. The lowest BCUT2D eigenvalue weighted by atomic mass is 9.86. The zero-order chi connectivity index (χ0) is 26.4. The number of esters is 1. The molecule has 0 amide bonds. The topological polar surface area (TPSA) is 84.1 Å². The summed E-state index contributed by atoms with van der Waals surface area (Å²) >= 11 is 6.86. The van der Waals surface area contributed by atoms with Gasteiger partial charge in [0.15, 0.2) is 0 Å². The van der Waals surface area contributed by atoms with Gasteiger partial charge in [-0.1, -0.05) is 35.0 Å². The SMILES string of the molecule is COC(=O)c1ccc2c3ncc(-c4c(C)nnn4C)cc3n(C(c3ccccc3Cl)C3CCOCC3)c2c1. The van der Waals surface area contributed by atoms with Crippen LogP contribution in [0.1, 0.15) is 40.5 Å². The van der Waals surface area contributed by atoms with E-state index in [1.54, 1.807) is 10.7 Å². The molecule has 6 rings (SSSR count). The first-order chi connectivity index (χ1) is 18.5. The first kappa shape index (κ1) is 24.6. The maximum Gasteiger partial charge on any atom is 0.337 e. The Bertz CT molecular complexity index is 1650. The van der Waals surface area contributed by atoms with Crippen LogP contribution in [-0.4, -0.2) is 50.8 Å². The van der Waals surface area contributed by atoms with E-state index in [2.05, 4.69) is 27.0 Å². The van der Waals surface area contributed by atoms with E-state index in [4.69, 9.17) is 26.1 Å². The summed E-state index contributed by atoms with van der Waals surface area (Å²) < 4.78 is 14.9. The summed E-state index contributed by atoms with van der Waals surface area (Å²) in [7, 11) is 3.28. The molecular weight excluding hydrogens is 502 g/mol. The molecule has 5 aromatic rings. The molecule has 4 heterocycles. The summed E-state index contributed by atoms with van der Waals surface area (Å²) in [5.74, 6) is -0.109. The Hall–Kier alpha value is -3.75. The Morgan fingerprint density at radius 2 is 1.92 bits per heavy atom. The number of fused-ring (bicyclic) bond motifs is 3. The van der Waals surface area contributed by atoms with Crippen molar-refractivity contribution >= 4 is 39.5 Å². The van der Waals surface area contributed by atoms with Gasteiger partial charge in [-0.15, -0.1) is 5.10 Å². The number of carbonyl (C=O) groups excluding carboxylic acids is 1. The summed E-state index contributed by atoms with van der Waals surface area (Å²) in [6, 6.07) is 15.7. The van der Waals surface area contributed by atoms with Gasteiger partial charge in [-0.2, -0.15) is 0 Å². The van der Waals surface area contributed by atoms with E-state index in [1.165, 1.54) is 7.11 Å². The van der Waals surface area contributed by atoms with Gasteiger partial charge in [0.1, 0.15) is 0 Å². The minimum absolute atomic E-state index is 0.0942. The molecule has 0 aliphatic carbocycles. The highest BCUT2D eigenvalue weighted by Crippen LogP contribution is 2.43. The Balaban J connectivity index is 1.70. The number of rotatable bonds is 5. The molecule has 1 saturated heterocycles. The van der Waals surface area contributed by atoms with Gasteiger partial charge in [0.25, 0.3) is 0 Å². The highest BCUT2D eigenvalue weighted by atomic mass is 35.5. The molecule has 1 aliphatic heterocycles.